The highest BCUT2D eigenvalue weighted by Crippen LogP contribution is 2.23. The average molecular weight is 395 g/mol. The lowest BCUT2D eigenvalue weighted by Gasteiger charge is -2.19. The van der Waals surface area contributed by atoms with Crippen LogP contribution in [0.4, 0.5) is 10.1 Å². The van der Waals surface area contributed by atoms with E-state index >= 15 is 0 Å². The van der Waals surface area contributed by atoms with E-state index < -0.39 is 0 Å². The Morgan fingerprint density at radius 3 is 2.35 bits per heavy atom. The molecule has 0 aromatic heterocycles. The first kappa shape index (κ1) is 17.9. The molecule has 0 amide bonds. The number of benzene rings is 2. The van der Waals surface area contributed by atoms with Crippen molar-refractivity contribution in [3.05, 3.63) is 63.9 Å². The number of thiocarbonyl (C=S) groups is 1. The van der Waals surface area contributed by atoms with Gasteiger partial charge in [-0.2, -0.15) is 0 Å². The topological polar surface area (TPSA) is 24.1 Å². The third kappa shape index (κ3) is 5.29. The Bertz CT molecular complexity index is 693. The Balaban J connectivity index is 1.90. The standard InChI is InChI=1S/C18H20BrFN2S/c1-18(2,3)13-5-7-14(8-6-13)22-17(23)21-11-12-4-9-16(20)15(19)10-12/h4-10H,11H2,1-3H3,(H2,21,22,23). The summed E-state index contributed by atoms with van der Waals surface area (Å²) in [5, 5.41) is 6.80. The summed E-state index contributed by atoms with van der Waals surface area (Å²) in [4.78, 5) is 0. The van der Waals surface area contributed by atoms with Crippen molar-refractivity contribution < 1.29 is 4.39 Å². The Hall–Kier alpha value is -1.46. The number of hydrogen-bond acceptors (Lipinski definition) is 1. The molecule has 0 aliphatic heterocycles. The van der Waals surface area contributed by atoms with Crippen LogP contribution in [0, 0.1) is 5.82 Å². The molecular formula is C18H20BrFN2S. The molecule has 122 valence electrons. The fraction of sp³-hybridized carbons (Fsp3) is 0.278. The highest BCUT2D eigenvalue weighted by molar-refractivity contribution is 9.10. The molecule has 2 aromatic rings. The monoisotopic (exact) mass is 394 g/mol. The first-order valence-corrected chi connectivity index (χ1v) is 8.55. The first-order chi connectivity index (χ1) is 10.8. The van der Waals surface area contributed by atoms with E-state index in [2.05, 4.69) is 59.5 Å². The maximum absolute atomic E-state index is 13.2. The molecule has 0 bridgehead atoms. The van der Waals surface area contributed by atoms with Crippen LogP contribution in [0.15, 0.2) is 46.9 Å². The van der Waals surface area contributed by atoms with E-state index in [1.165, 1.54) is 11.6 Å². The highest BCUT2D eigenvalue weighted by atomic mass is 79.9. The number of rotatable bonds is 3. The van der Waals surface area contributed by atoms with Gasteiger partial charge in [-0.15, -0.1) is 0 Å². The van der Waals surface area contributed by atoms with Gasteiger partial charge in [0.15, 0.2) is 5.11 Å². The van der Waals surface area contributed by atoms with Crippen LogP contribution in [0.1, 0.15) is 31.9 Å². The molecule has 0 atom stereocenters. The number of hydrogen-bond donors (Lipinski definition) is 2. The summed E-state index contributed by atoms with van der Waals surface area (Å²) in [5.74, 6) is -0.270. The summed E-state index contributed by atoms with van der Waals surface area (Å²) < 4.78 is 13.6. The molecule has 23 heavy (non-hydrogen) atoms. The van der Waals surface area contributed by atoms with E-state index in [0.29, 0.717) is 16.1 Å². The molecule has 5 heteroatoms. The minimum atomic E-state index is -0.270. The van der Waals surface area contributed by atoms with Crippen LogP contribution in [-0.4, -0.2) is 5.11 Å². The van der Waals surface area contributed by atoms with Gasteiger partial charge in [0.2, 0.25) is 0 Å². The van der Waals surface area contributed by atoms with Gasteiger partial charge in [0, 0.05) is 12.2 Å². The Labute approximate surface area is 150 Å². The van der Waals surface area contributed by atoms with E-state index in [4.69, 9.17) is 12.2 Å². The maximum atomic E-state index is 13.2. The van der Waals surface area contributed by atoms with Gasteiger partial charge in [-0.25, -0.2) is 4.39 Å². The summed E-state index contributed by atoms with van der Waals surface area (Å²) in [5.41, 5.74) is 3.30. The molecule has 0 heterocycles. The fourth-order valence-corrected chi connectivity index (χ4v) is 2.68. The summed E-state index contributed by atoms with van der Waals surface area (Å²) in [6, 6.07) is 13.1. The highest BCUT2D eigenvalue weighted by Gasteiger charge is 2.12. The minimum absolute atomic E-state index is 0.132. The molecule has 2 rings (SSSR count). The Morgan fingerprint density at radius 2 is 1.78 bits per heavy atom. The van der Waals surface area contributed by atoms with Gasteiger partial charge in [-0.3, -0.25) is 0 Å². The van der Waals surface area contributed by atoms with Crippen molar-refractivity contribution in [3.63, 3.8) is 0 Å². The van der Waals surface area contributed by atoms with E-state index in [-0.39, 0.29) is 11.2 Å². The lowest BCUT2D eigenvalue weighted by atomic mass is 9.87. The zero-order chi connectivity index (χ0) is 17.0. The number of nitrogens with one attached hydrogen (secondary N) is 2. The van der Waals surface area contributed by atoms with Gasteiger partial charge >= 0.3 is 0 Å². The van der Waals surface area contributed by atoms with E-state index in [0.717, 1.165) is 11.3 Å². The fourth-order valence-electron chi connectivity index (χ4n) is 2.06. The number of anilines is 1. The largest absolute Gasteiger partial charge is 0.358 e. The molecule has 0 radical (unpaired) electrons. The van der Waals surface area contributed by atoms with Crippen molar-refractivity contribution in [2.45, 2.75) is 32.7 Å². The van der Waals surface area contributed by atoms with Crippen molar-refractivity contribution >= 4 is 38.9 Å². The van der Waals surface area contributed by atoms with Crippen LogP contribution in [0.25, 0.3) is 0 Å². The van der Waals surface area contributed by atoms with Crippen molar-refractivity contribution in [2.24, 2.45) is 0 Å². The predicted octanol–water partition coefficient (Wildman–Crippen LogP) is 5.37. The normalized spacial score (nSPS) is 11.2. The van der Waals surface area contributed by atoms with Gasteiger partial charge in [-0.05, 0) is 69.0 Å². The molecule has 2 aromatic carbocycles. The Kier molecular flexibility index (Phi) is 5.76. The van der Waals surface area contributed by atoms with Gasteiger partial charge in [0.1, 0.15) is 5.82 Å². The molecule has 0 fully saturated rings. The van der Waals surface area contributed by atoms with Crippen LogP contribution in [0.3, 0.4) is 0 Å². The number of halogens is 2. The van der Waals surface area contributed by atoms with Crippen molar-refractivity contribution in [2.75, 3.05) is 5.32 Å². The molecule has 0 aliphatic rings. The van der Waals surface area contributed by atoms with Crippen LogP contribution >= 0.6 is 28.1 Å². The molecule has 0 saturated carbocycles. The van der Waals surface area contributed by atoms with Crippen LogP contribution in [-0.2, 0) is 12.0 Å². The van der Waals surface area contributed by atoms with E-state index in [1.54, 1.807) is 12.1 Å². The molecule has 0 saturated heterocycles. The second kappa shape index (κ2) is 7.41. The second-order valence-corrected chi connectivity index (χ2v) is 7.65. The maximum Gasteiger partial charge on any atom is 0.171 e. The summed E-state index contributed by atoms with van der Waals surface area (Å²) >= 11 is 8.47. The van der Waals surface area contributed by atoms with Crippen LogP contribution in [0.2, 0.25) is 0 Å². The molecule has 0 unspecified atom stereocenters. The third-order valence-electron chi connectivity index (χ3n) is 3.45. The van der Waals surface area contributed by atoms with E-state index in [9.17, 15) is 4.39 Å². The third-order valence-corrected chi connectivity index (χ3v) is 4.30. The SMILES string of the molecule is CC(C)(C)c1ccc(NC(=S)NCc2ccc(F)c(Br)c2)cc1. The van der Waals surface area contributed by atoms with Crippen LogP contribution in [0.5, 0.6) is 0 Å². The van der Waals surface area contributed by atoms with Crippen molar-refractivity contribution in [1.29, 1.82) is 0 Å². The van der Waals surface area contributed by atoms with Gasteiger partial charge < -0.3 is 10.6 Å². The van der Waals surface area contributed by atoms with Gasteiger partial charge in [0.05, 0.1) is 4.47 Å². The average Bonchev–Trinajstić information content (AvgIpc) is 2.48. The molecule has 2 N–H and O–H groups in total. The van der Waals surface area contributed by atoms with Gasteiger partial charge in [0.25, 0.3) is 0 Å². The van der Waals surface area contributed by atoms with Gasteiger partial charge in [-0.1, -0.05) is 39.0 Å². The minimum Gasteiger partial charge on any atom is -0.358 e. The van der Waals surface area contributed by atoms with Crippen LogP contribution < -0.4 is 10.6 Å². The quantitative estimate of drug-likeness (QED) is 0.683. The zero-order valence-corrected chi connectivity index (χ0v) is 15.8. The first-order valence-electron chi connectivity index (χ1n) is 7.35. The molecule has 2 nitrogen and oxygen atoms in total. The van der Waals surface area contributed by atoms with E-state index in [1.807, 2.05) is 12.1 Å². The molecular weight excluding hydrogens is 375 g/mol. The predicted molar refractivity (Wildman–Crippen MR) is 102 cm³/mol. The van der Waals surface area contributed by atoms with Crippen molar-refractivity contribution in [3.8, 4) is 0 Å². The summed E-state index contributed by atoms with van der Waals surface area (Å²) in [7, 11) is 0. The summed E-state index contributed by atoms with van der Waals surface area (Å²) in [6.07, 6.45) is 0. The molecule has 0 spiro atoms. The molecule has 0 aliphatic carbocycles. The lowest BCUT2D eigenvalue weighted by molar-refractivity contribution is 0.590. The smallest absolute Gasteiger partial charge is 0.171 e. The summed E-state index contributed by atoms with van der Waals surface area (Å²) in [6.45, 7) is 7.08. The Morgan fingerprint density at radius 1 is 1.13 bits per heavy atom. The zero-order valence-electron chi connectivity index (χ0n) is 13.4. The second-order valence-electron chi connectivity index (χ2n) is 6.38. The van der Waals surface area contributed by atoms with Crippen molar-refractivity contribution in [1.82, 2.24) is 5.32 Å². The lowest BCUT2D eigenvalue weighted by Crippen LogP contribution is -2.27.